The first-order chi connectivity index (χ1) is 10.1. The third-order valence-electron chi connectivity index (χ3n) is 4.17. The summed E-state index contributed by atoms with van der Waals surface area (Å²) in [5, 5.41) is 0. The van der Waals surface area contributed by atoms with E-state index in [-0.39, 0.29) is 35.9 Å². The van der Waals surface area contributed by atoms with Crippen molar-refractivity contribution >= 4 is 17.7 Å². The van der Waals surface area contributed by atoms with Crippen LogP contribution < -0.4 is 11.3 Å². The second kappa shape index (κ2) is 5.25. The largest absolute Gasteiger partial charge is 0.289 e. The zero-order valence-electron chi connectivity index (χ0n) is 11.4. The molecule has 1 saturated heterocycles. The number of hydrogen-bond acceptors (Lipinski definition) is 5. The molecule has 2 aliphatic rings. The SMILES string of the molecule is NNC(=O)c1cccc(CN2C(=O)C3CCCC3C2=O)n1. The lowest BCUT2D eigenvalue weighted by atomic mass is 10.00. The number of amides is 3. The molecule has 2 atom stereocenters. The molecule has 110 valence electrons. The molecule has 0 radical (unpaired) electrons. The molecule has 7 heteroatoms. The zero-order chi connectivity index (χ0) is 15.0. The maximum atomic E-state index is 12.3. The molecular formula is C14H16N4O3. The number of aromatic nitrogens is 1. The maximum absolute atomic E-state index is 12.3. The molecule has 0 bridgehead atoms. The van der Waals surface area contributed by atoms with Gasteiger partial charge in [0.15, 0.2) is 0 Å². The van der Waals surface area contributed by atoms with E-state index in [1.807, 2.05) is 5.43 Å². The molecule has 0 spiro atoms. The number of nitrogens with two attached hydrogens (primary N) is 1. The Morgan fingerprint density at radius 1 is 1.29 bits per heavy atom. The van der Waals surface area contributed by atoms with Crippen molar-refractivity contribution in [3.05, 3.63) is 29.6 Å². The van der Waals surface area contributed by atoms with Crippen LogP contribution in [0.5, 0.6) is 0 Å². The van der Waals surface area contributed by atoms with Crippen molar-refractivity contribution in [2.75, 3.05) is 0 Å². The molecule has 1 aromatic heterocycles. The van der Waals surface area contributed by atoms with Crippen LogP contribution in [0.1, 0.15) is 35.4 Å². The summed E-state index contributed by atoms with van der Waals surface area (Å²) in [6, 6.07) is 4.86. The standard InChI is InChI=1S/C14H16N4O3/c15-17-12(19)11-6-1-3-8(16-11)7-18-13(20)9-4-2-5-10(9)14(18)21/h1,3,6,9-10H,2,4-5,7,15H2,(H,17,19). The Bertz CT molecular complexity index is 594. The average molecular weight is 288 g/mol. The maximum Gasteiger partial charge on any atom is 0.283 e. The summed E-state index contributed by atoms with van der Waals surface area (Å²) in [4.78, 5) is 41.4. The summed E-state index contributed by atoms with van der Waals surface area (Å²) in [5.41, 5.74) is 2.66. The Morgan fingerprint density at radius 3 is 2.57 bits per heavy atom. The van der Waals surface area contributed by atoms with E-state index in [9.17, 15) is 14.4 Å². The van der Waals surface area contributed by atoms with Gasteiger partial charge in [-0.15, -0.1) is 0 Å². The minimum atomic E-state index is -0.507. The normalized spacial score (nSPS) is 24.3. The minimum absolute atomic E-state index is 0.107. The quantitative estimate of drug-likeness (QED) is 0.352. The number of nitrogens with zero attached hydrogens (tertiary/aromatic N) is 2. The highest BCUT2D eigenvalue weighted by molar-refractivity contribution is 6.05. The summed E-state index contributed by atoms with van der Waals surface area (Å²) < 4.78 is 0. The van der Waals surface area contributed by atoms with Crippen molar-refractivity contribution in [1.29, 1.82) is 0 Å². The van der Waals surface area contributed by atoms with Crippen LogP contribution in [0.15, 0.2) is 18.2 Å². The topological polar surface area (TPSA) is 105 Å². The van der Waals surface area contributed by atoms with E-state index in [1.165, 1.54) is 11.0 Å². The predicted molar refractivity (Wildman–Crippen MR) is 72.3 cm³/mol. The molecule has 3 amide bonds. The lowest BCUT2D eigenvalue weighted by molar-refractivity contribution is -0.141. The number of carbonyl (C=O) groups is 3. The van der Waals surface area contributed by atoms with E-state index in [4.69, 9.17) is 5.84 Å². The van der Waals surface area contributed by atoms with Gasteiger partial charge in [-0.1, -0.05) is 12.5 Å². The fourth-order valence-electron chi connectivity index (χ4n) is 3.15. The third-order valence-corrected chi connectivity index (χ3v) is 4.17. The minimum Gasteiger partial charge on any atom is -0.289 e. The van der Waals surface area contributed by atoms with E-state index in [0.717, 1.165) is 19.3 Å². The molecule has 1 aliphatic carbocycles. The van der Waals surface area contributed by atoms with Gasteiger partial charge in [-0.05, 0) is 25.0 Å². The number of nitrogen functional groups attached to an aromatic ring is 1. The predicted octanol–water partition coefficient (Wildman–Crippen LogP) is -0.0298. The van der Waals surface area contributed by atoms with Crippen molar-refractivity contribution in [2.45, 2.75) is 25.8 Å². The van der Waals surface area contributed by atoms with Crippen molar-refractivity contribution in [1.82, 2.24) is 15.3 Å². The number of imide groups is 1. The van der Waals surface area contributed by atoms with Gasteiger partial charge in [-0.25, -0.2) is 10.8 Å². The van der Waals surface area contributed by atoms with Gasteiger partial charge in [-0.2, -0.15) is 0 Å². The van der Waals surface area contributed by atoms with Gasteiger partial charge in [0.05, 0.1) is 24.1 Å². The number of likely N-dealkylation sites (tertiary alicyclic amines) is 1. The number of carbonyl (C=O) groups excluding carboxylic acids is 3. The summed E-state index contributed by atoms with van der Waals surface area (Å²) in [6.45, 7) is 0.107. The second-order valence-electron chi connectivity index (χ2n) is 5.39. The van der Waals surface area contributed by atoms with Gasteiger partial charge in [0.1, 0.15) is 5.69 Å². The molecule has 1 saturated carbocycles. The van der Waals surface area contributed by atoms with Gasteiger partial charge >= 0.3 is 0 Å². The van der Waals surface area contributed by atoms with Crippen molar-refractivity contribution in [3.8, 4) is 0 Å². The van der Waals surface area contributed by atoms with Crippen LogP contribution >= 0.6 is 0 Å². The Kier molecular flexibility index (Phi) is 3.42. The number of hydrazine groups is 1. The van der Waals surface area contributed by atoms with E-state index in [1.54, 1.807) is 12.1 Å². The van der Waals surface area contributed by atoms with Crippen LogP contribution in [0.2, 0.25) is 0 Å². The van der Waals surface area contributed by atoms with Crippen molar-refractivity contribution < 1.29 is 14.4 Å². The van der Waals surface area contributed by atoms with Crippen LogP contribution in [0.4, 0.5) is 0 Å². The molecule has 2 heterocycles. The third kappa shape index (κ3) is 2.29. The molecule has 0 aromatic carbocycles. The van der Waals surface area contributed by atoms with Crippen LogP contribution in [-0.2, 0) is 16.1 Å². The molecule has 2 fully saturated rings. The Balaban J connectivity index is 1.79. The van der Waals surface area contributed by atoms with Gasteiger partial charge < -0.3 is 0 Å². The smallest absolute Gasteiger partial charge is 0.283 e. The van der Waals surface area contributed by atoms with Crippen LogP contribution in [0.25, 0.3) is 0 Å². The molecular weight excluding hydrogens is 272 g/mol. The fraction of sp³-hybridized carbons (Fsp3) is 0.429. The number of rotatable bonds is 3. The molecule has 1 aromatic rings. The Hall–Kier alpha value is -2.28. The Morgan fingerprint density at radius 2 is 1.95 bits per heavy atom. The van der Waals surface area contributed by atoms with Gasteiger partial charge in [0.25, 0.3) is 5.91 Å². The van der Waals surface area contributed by atoms with E-state index in [0.29, 0.717) is 5.69 Å². The van der Waals surface area contributed by atoms with E-state index in [2.05, 4.69) is 4.98 Å². The van der Waals surface area contributed by atoms with Crippen molar-refractivity contribution in [2.24, 2.45) is 17.7 Å². The summed E-state index contributed by atoms with van der Waals surface area (Å²) in [6.07, 6.45) is 2.51. The van der Waals surface area contributed by atoms with Gasteiger partial charge in [0, 0.05) is 0 Å². The lowest BCUT2D eigenvalue weighted by Gasteiger charge is -2.15. The van der Waals surface area contributed by atoms with Gasteiger partial charge in [-0.3, -0.25) is 24.7 Å². The van der Waals surface area contributed by atoms with E-state index >= 15 is 0 Å². The molecule has 3 N–H and O–H groups in total. The summed E-state index contributed by atoms with van der Waals surface area (Å²) in [5.74, 6) is 4.01. The first-order valence-electron chi connectivity index (χ1n) is 6.94. The second-order valence-corrected chi connectivity index (χ2v) is 5.39. The van der Waals surface area contributed by atoms with Crippen LogP contribution in [-0.4, -0.2) is 27.6 Å². The van der Waals surface area contributed by atoms with Crippen LogP contribution in [0, 0.1) is 11.8 Å². The van der Waals surface area contributed by atoms with Gasteiger partial charge in [0.2, 0.25) is 11.8 Å². The molecule has 1 aliphatic heterocycles. The first-order valence-corrected chi connectivity index (χ1v) is 6.94. The van der Waals surface area contributed by atoms with Crippen molar-refractivity contribution in [3.63, 3.8) is 0 Å². The molecule has 21 heavy (non-hydrogen) atoms. The lowest BCUT2D eigenvalue weighted by Crippen LogP contribution is -2.33. The highest BCUT2D eigenvalue weighted by atomic mass is 16.2. The zero-order valence-corrected chi connectivity index (χ0v) is 11.4. The molecule has 2 unspecified atom stereocenters. The highest BCUT2D eigenvalue weighted by Crippen LogP contribution is 2.40. The molecule has 7 nitrogen and oxygen atoms in total. The summed E-state index contributed by atoms with van der Waals surface area (Å²) >= 11 is 0. The molecule has 3 rings (SSSR count). The fourth-order valence-corrected chi connectivity index (χ4v) is 3.15. The number of nitrogens with one attached hydrogen (secondary N) is 1. The number of hydrogen-bond donors (Lipinski definition) is 2. The van der Waals surface area contributed by atoms with E-state index < -0.39 is 5.91 Å². The first kappa shape index (κ1) is 13.7. The Labute approximate surface area is 121 Å². The number of pyridine rings is 1. The number of fused-ring (bicyclic) bond motifs is 1. The monoisotopic (exact) mass is 288 g/mol. The average Bonchev–Trinajstić information content (AvgIpc) is 3.07. The highest BCUT2D eigenvalue weighted by Gasteiger charge is 2.49. The summed E-state index contributed by atoms with van der Waals surface area (Å²) in [7, 11) is 0. The van der Waals surface area contributed by atoms with Crippen LogP contribution in [0.3, 0.4) is 0 Å².